The van der Waals surface area contributed by atoms with E-state index in [1.807, 2.05) is 25.1 Å². The van der Waals surface area contributed by atoms with E-state index in [0.717, 1.165) is 5.75 Å². The Bertz CT molecular complexity index is 802. The monoisotopic (exact) mass is 372 g/mol. The van der Waals surface area contributed by atoms with Gasteiger partial charge in [-0.1, -0.05) is 26.0 Å². The molecule has 0 radical (unpaired) electrons. The highest BCUT2D eigenvalue weighted by Gasteiger charge is 2.32. The Balaban J connectivity index is 1.58. The van der Waals surface area contributed by atoms with Crippen LogP contribution >= 0.6 is 0 Å². The largest absolute Gasteiger partial charge is 0.488 e. The molecule has 2 atom stereocenters. The summed E-state index contributed by atoms with van der Waals surface area (Å²) in [6.07, 6.45) is -0.440. The lowest BCUT2D eigenvalue weighted by Gasteiger charge is -2.36. The lowest BCUT2D eigenvalue weighted by molar-refractivity contribution is -0.137. The number of carbonyl (C=O) groups excluding carboxylic acids is 1. The van der Waals surface area contributed by atoms with Gasteiger partial charge in [0, 0.05) is 13.0 Å². The summed E-state index contributed by atoms with van der Waals surface area (Å²) in [6.45, 7) is 8.85. The van der Waals surface area contributed by atoms with Crippen LogP contribution in [0.2, 0.25) is 0 Å². The number of β-amino-alcohol motifs (C(OH)–C–C–N with tert-alkyl or cyclic N) is 1. The molecule has 7 heteroatoms. The second kappa shape index (κ2) is 8.08. The molecule has 1 fully saturated rings. The zero-order valence-electron chi connectivity index (χ0n) is 16.4. The number of ether oxygens (including phenoxy) is 1. The molecule has 1 aromatic heterocycles. The zero-order chi connectivity index (χ0) is 19.6. The second-order valence-corrected chi connectivity index (χ2v) is 7.44. The zero-order valence-corrected chi connectivity index (χ0v) is 16.4. The van der Waals surface area contributed by atoms with Gasteiger partial charge in [-0.15, -0.1) is 0 Å². The van der Waals surface area contributed by atoms with Crippen LogP contribution in [0.5, 0.6) is 5.75 Å². The minimum Gasteiger partial charge on any atom is -0.488 e. The smallest absolute Gasteiger partial charge is 0.244 e. The first kappa shape index (κ1) is 19.4. The van der Waals surface area contributed by atoms with Crippen molar-refractivity contribution in [1.82, 2.24) is 19.7 Å². The van der Waals surface area contributed by atoms with Crippen LogP contribution in [0, 0.1) is 13.8 Å². The molecule has 1 N–H and O–H groups in total. The van der Waals surface area contributed by atoms with Crippen molar-refractivity contribution < 1.29 is 14.6 Å². The Morgan fingerprint density at radius 3 is 2.78 bits per heavy atom. The Labute approximate surface area is 160 Å². The molecule has 0 aliphatic carbocycles. The molecule has 0 bridgehead atoms. The Morgan fingerprint density at radius 2 is 2.15 bits per heavy atom. The highest BCUT2D eigenvalue weighted by atomic mass is 16.5. The quantitative estimate of drug-likeness (QED) is 0.869. The maximum atomic E-state index is 12.5. The lowest BCUT2D eigenvalue weighted by atomic mass is 10.0. The van der Waals surface area contributed by atoms with Gasteiger partial charge in [0.2, 0.25) is 5.91 Å². The number of amides is 1. The average molecular weight is 372 g/mol. The van der Waals surface area contributed by atoms with Gasteiger partial charge >= 0.3 is 0 Å². The van der Waals surface area contributed by atoms with Crippen LogP contribution in [0.25, 0.3) is 0 Å². The molecule has 1 saturated heterocycles. The summed E-state index contributed by atoms with van der Waals surface area (Å²) >= 11 is 0. The molecule has 146 valence electrons. The summed E-state index contributed by atoms with van der Waals surface area (Å²) in [5.41, 5.74) is 1.20. The van der Waals surface area contributed by atoms with Crippen molar-refractivity contribution in [3.63, 3.8) is 0 Å². The Hall–Kier alpha value is -2.41. The highest BCUT2D eigenvalue weighted by molar-refractivity contribution is 5.76. The second-order valence-electron chi connectivity index (χ2n) is 7.44. The van der Waals surface area contributed by atoms with E-state index < -0.39 is 6.10 Å². The number of aliphatic hydroxyl groups is 1. The van der Waals surface area contributed by atoms with Gasteiger partial charge in [0.15, 0.2) is 0 Å². The molecule has 2 heterocycles. The minimum atomic E-state index is -0.719. The molecule has 0 unspecified atom stereocenters. The van der Waals surface area contributed by atoms with Crippen molar-refractivity contribution in [3.05, 3.63) is 41.5 Å². The molecule has 27 heavy (non-hydrogen) atoms. The van der Waals surface area contributed by atoms with Gasteiger partial charge in [0.05, 0.1) is 6.54 Å². The number of aliphatic hydroxyl groups excluding tert-OH is 1. The number of carbonyl (C=O) groups is 1. The van der Waals surface area contributed by atoms with Crippen LogP contribution in [-0.2, 0) is 11.3 Å². The summed E-state index contributed by atoms with van der Waals surface area (Å²) in [5.74, 6) is 2.48. The van der Waals surface area contributed by atoms with Crippen molar-refractivity contribution in [1.29, 1.82) is 0 Å². The van der Waals surface area contributed by atoms with Gasteiger partial charge < -0.3 is 14.7 Å². The van der Waals surface area contributed by atoms with E-state index >= 15 is 0 Å². The highest BCUT2D eigenvalue weighted by Crippen LogP contribution is 2.24. The van der Waals surface area contributed by atoms with Crippen LogP contribution in [-0.4, -0.2) is 56.0 Å². The Kier molecular flexibility index (Phi) is 5.79. The van der Waals surface area contributed by atoms with Gasteiger partial charge in [0.1, 0.15) is 36.2 Å². The first-order chi connectivity index (χ1) is 12.8. The third-order valence-electron chi connectivity index (χ3n) is 4.93. The fraction of sp³-hybridized carbons (Fsp3) is 0.550. The van der Waals surface area contributed by atoms with E-state index in [-0.39, 0.29) is 25.1 Å². The van der Waals surface area contributed by atoms with E-state index in [2.05, 4.69) is 30.0 Å². The third kappa shape index (κ3) is 4.66. The van der Waals surface area contributed by atoms with Crippen molar-refractivity contribution in [2.45, 2.75) is 58.8 Å². The molecule has 7 nitrogen and oxygen atoms in total. The topological polar surface area (TPSA) is 80.5 Å². The predicted molar refractivity (Wildman–Crippen MR) is 102 cm³/mol. The van der Waals surface area contributed by atoms with Crippen LogP contribution < -0.4 is 4.74 Å². The number of benzene rings is 1. The van der Waals surface area contributed by atoms with Crippen LogP contribution in [0.4, 0.5) is 0 Å². The van der Waals surface area contributed by atoms with Gasteiger partial charge in [-0.25, -0.2) is 9.67 Å². The normalized spacial score (nSPS) is 20.1. The summed E-state index contributed by atoms with van der Waals surface area (Å²) in [6, 6.07) is 7.97. The van der Waals surface area contributed by atoms with E-state index in [4.69, 9.17) is 4.74 Å². The minimum absolute atomic E-state index is 0.0673. The van der Waals surface area contributed by atoms with Crippen molar-refractivity contribution in [3.8, 4) is 5.75 Å². The molecule has 2 aromatic rings. The van der Waals surface area contributed by atoms with Gasteiger partial charge in [-0.05, 0) is 37.5 Å². The van der Waals surface area contributed by atoms with Crippen LogP contribution in [0.1, 0.15) is 43.4 Å². The summed E-state index contributed by atoms with van der Waals surface area (Å²) in [4.78, 5) is 18.4. The van der Waals surface area contributed by atoms with Gasteiger partial charge in [-0.3, -0.25) is 4.79 Å². The summed E-state index contributed by atoms with van der Waals surface area (Å²) < 4.78 is 7.61. The SMILES string of the molecule is Cc1nc(C)n(CC(=O)N2CC[C@@H](Oc3cccc(C(C)C)c3)[C@H](O)C2)n1. The molecule has 1 aromatic carbocycles. The van der Waals surface area contributed by atoms with E-state index in [9.17, 15) is 9.90 Å². The number of hydrogen-bond acceptors (Lipinski definition) is 5. The van der Waals surface area contributed by atoms with Crippen molar-refractivity contribution in [2.75, 3.05) is 13.1 Å². The molecule has 0 spiro atoms. The van der Waals surface area contributed by atoms with E-state index in [1.165, 1.54) is 5.56 Å². The standard InChI is InChI=1S/C20H28N4O3/c1-13(2)16-6-5-7-17(10-16)27-19-8-9-23(11-18(19)25)20(26)12-24-15(4)21-14(3)22-24/h5-7,10,13,18-19,25H,8-9,11-12H2,1-4H3/t18-,19-/m1/s1. The van der Waals surface area contributed by atoms with Crippen molar-refractivity contribution in [2.24, 2.45) is 0 Å². The fourth-order valence-electron chi connectivity index (χ4n) is 3.34. The number of likely N-dealkylation sites (tertiary alicyclic amines) is 1. The molecular weight excluding hydrogens is 344 g/mol. The lowest BCUT2D eigenvalue weighted by Crippen LogP contribution is -2.51. The number of rotatable bonds is 5. The molecule has 1 amide bonds. The van der Waals surface area contributed by atoms with E-state index in [0.29, 0.717) is 30.5 Å². The maximum Gasteiger partial charge on any atom is 0.244 e. The van der Waals surface area contributed by atoms with Gasteiger partial charge in [-0.2, -0.15) is 5.10 Å². The predicted octanol–water partition coefficient (Wildman–Crippen LogP) is 2.06. The number of aryl methyl sites for hydroxylation is 2. The molecule has 0 saturated carbocycles. The third-order valence-corrected chi connectivity index (χ3v) is 4.93. The summed E-state index contributed by atoms with van der Waals surface area (Å²) in [7, 11) is 0. The summed E-state index contributed by atoms with van der Waals surface area (Å²) in [5, 5.41) is 14.7. The van der Waals surface area contributed by atoms with Crippen LogP contribution in [0.15, 0.2) is 24.3 Å². The fourth-order valence-corrected chi connectivity index (χ4v) is 3.34. The number of aromatic nitrogens is 3. The van der Waals surface area contributed by atoms with Crippen LogP contribution in [0.3, 0.4) is 0 Å². The molecule has 1 aliphatic rings. The number of piperidine rings is 1. The van der Waals surface area contributed by atoms with E-state index in [1.54, 1.807) is 16.5 Å². The molecule has 1 aliphatic heterocycles. The average Bonchev–Trinajstić information content (AvgIpc) is 2.94. The van der Waals surface area contributed by atoms with Gasteiger partial charge in [0.25, 0.3) is 0 Å². The van der Waals surface area contributed by atoms with Crippen molar-refractivity contribution >= 4 is 5.91 Å². The number of nitrogens with zero attached hydrogens (tertiary/aromatic N) is 4. The number of hydrogen-bond donors (Lipinski definition) is 1. The molecule has 3 rings (SSSR count). The first-order valence-electron chi connectivity index (χ1n) is 9.44. The maximum absolute atomic E-state index is 12.5. The first-order valence-corrected chi connectivity index (χ1v) is 9.44. The molecular formula is C20H28N4O3. The Morgan fingerprint density at radius 1 is 1.37 bits per heavy atom.